The van der Waals surface area contributed by atoms with Gasteiger partial charge in [-0.25, -0.2) is 13.1 Å². The second kappa shape index (κ2) is 7.65. The number of carbonyl (C=O) groups excluding carboxylic acids is 1. The number of hydrogen-bond donors (Lipinski definition) is 1. The van der Waals surface area contributed by atoms with Crippen LogP contribution in [-0.2, 0) is 9.84 Å². The number of anilines is 1. The fraction of sp³-hybridized carbons (Fsp3) is 0.238. The number of nitrogens with one attached hydrogen (secondary N) is 1. The summed E-state index contributed by atoms with van der Waals surface area (Å²) < 4.78 is 25.6. The van der Waals surface area contributed by atoms with Crippen LogP contribution in [0.15, 0.2) is 54.6 Å². The van der Waals surface area contributed by atoms with E-state index < -0.39 is 9.84 Å². The number of benzene rings is 2. The highest BCUT2D eigenvalue weighted by atomic mass is 35.5. The van der Waals surface area contributed by atoms with Crippen LogP contribution in [0.4, 0.5) is 5.82 Å². The zero-order valence-electron chi connectivity index (χ0n) is 15.8. The molecule has 1 aromatic heterocycles. The predicted octanol–water partition coefficient (Wildman–Crippen LogP) is 4.12. The van der Waals surface area contributed by atoms with Crippen molar-refractivity contribution in [2.45, 2.75) is 19.4 Å². The molecule has 3 aromatic rings. The first-order valence-corrected chi connectivity index (χ1v) is 11.4. The summed E-state index contributed by atoms with van der Waals surface area (Å²) in [6.45, 7) is 1.95. The summed E-state index contributed by atoms with van der Waals surface area (Å²) in [5.74, 6) is 0.346. The number of aryl methyl sites for hydroxylation is 1. The molecule has 8 heteroatoms. The molecular weight excluding hydrogens is 410 g/mol. The summed E-state index contributed by atoms with van der Waals surface area (Å²) in [4.78, 5) is 12.7. The molecule has 1 amide bonds. The lowest BCUT2D eigenvalue weighted by Gasteiger charge is -2.14. The molecule has 29 heavy (non-hydrogen) atoms. The molecule has 1 aliphatic rings. The van der Waals surface area contributed by atoms with Gasteiger partial charge in [-0.2, -0.15) is 5.10 Å². The van der Waals surface area contributed by atoms with E-state index in [-0.39, 0.29) is 23.5 Å². The van der Waals surface area contributed by atoms with Crippen LogP contribution in [0, 0.1) is 6.92 Å². The summed E-state index contributed by atoms with van der Waals surface area (Å²) in [5, 5.41) is 8.12. The lowest BCUT2D eigenvalue weighted by atomic mass is 10.1. The molecule has 1 fully saturated rings. The molecule has 1 saturated heterocycles. The largest absolute Gasteiger partial charge is 0.307 e. The van der Waals surface area contributed by atoms with Crippen molar-refractivity contribution in [1.82, 2.24) is 9.78 Å². The summed E-state index contributed by atoms with van der Waals surface area (Å²) in [6.07, 6.45) is 0.470. The third-order valence-corrected chi connectivity index (χ3v) is 6.99. The summed E-state index contributed by atoms with van der Waals surface area (Å²) in [5.41, 5.74) is 3.06. The van der Waals surface area contributed by atoms with Crippen molar-refractivity contribution < 1.29 is 13.2 Å². The number of sulfone groups is 1. The Labute approximate surface area is 174 Å². The van der Waals surface area contributed by atoms with Crippen molar-refractivity contribution in [3.05, 3.63) is 70.7 Å². The number of hydrogen-bond acceptors (Lipinski definition) is 4. The van der Waals surface area contributed by atoms with E-state index in [9.17, 15) is 13.2 Å². The van der Waals surface area contributed by atoms with E-state index >= 15 is 0 Å². The second-order valence-corrected chi connectivity index (χ2v) is 9.91. The first-order chi connectivity index (χ1) is 13.8. The number of carbonyl (C=O) groups is 1. The topological polar surface area (TPSA) is 81.1 Å². The third-order valence-electron chi connectivity index (χ3n) is 4.99. The first-order valence-electron chi connectivity index (χ1n) is 9.25. The molecule has 1 aliphatic heterocycles. The normalized spacial score (nSPS) is 17.9. The van der Waals surface area contributed by atoms with Gasteiger partial charge in [-0.15, -0.1) is 0 Å². The van der Waals surface area contributed by atoms with Crippen molar-refractivity contribution in [1.29, 1.82) is 0 Å². The Hall–Kier alpha value is -2.64. The molecule has 150 valence electrons. The standard InChI is InChI=1S/C21H20ClN3O3S/c1-14-2-4-16(5-3-14)21(26)23-20-12-19(15-6-8-17(22)9-7-15)24-25(20)18-10-11-29(27,28)13-18/h2-9,12,18H,10-11,13H2,1H3,(H,23,26)/t18-/m0/s1. The third kappa shape index (κ3) is 4.36. The molecular formula is C21H20ClN3O3S. The molecule has 0 radical (unpaired) electrons. The molecule has 0 unspecified atom stereocenters. The van der Waals surface area contributed by atoms with Crippen molar-refractivity contribution in [3.63, 3.8) is 0 Å². The first kappa shape index (κ1) is 19.7. The van der Waals surface area contributed by atoms with Gasteiger partial charge in [0.1, 0.15) is 5.82 Å². The molecule has 1 N–H and O–H groups in total. The van der Waals surface area contributed by atoms with Crippen LogP contribution in [0.1, 0.15) is 28.4 Å². The van der Waals surface area contributed by atoms with Crippen LogP contribution < -0.4 is 5.32 Å². The van der Waals surface area contributed by atoms with Gasteiger partial charge in [-0.1, -0.05) is 41.4 Å². The lowest BCUT2D eigenvalue weighted by Crippen LogP contribution is -2.19. The Morgan fingerprint density at radius 2 is 1.83 bits per heavy atom. The van der Waals surface area contributed by atoms with Crippen molar-refractivity contribution >= 4 is 33.2 Å². The number of halogens is 1. The Morgan fingerprint density at radius 3 is 2.45 bits per heavy atom. The molecule has 0 saturated carbocycles. The van der Waals surface area contributed by atoms with Crippen molar-refractivity contribution in [2.24, 2.45) is 0 Å². The molecule has 0 bridgehead atoms. The average Bonchev–Trinajstić information content (AvgIpc) is 3.25. The fourth-order valence-corrected chi connectivity index (χ4v) is 5.21. The molecule has 1 atom stereocenters. The average molecular weight is 430 g/mol. The van der Waals surface area contributed by atoms with Gasteiger partial charge in [0.15, 0.2) is 9.84 Å². The maximum Gasteiger partial charge on any atom is 0.256 e. The molecule has 2 aromatic carbocycles. The van der Waals surface area contributed by atoms with Crippen LogP contribution in [0.25, 0.3) is 11.3 Å². The molecule has 2 heterocycles. The highest BCUT2D eigenvalue weighted by molar-refractivity contribution is 7.91. The van der Waals surface area contributed by atoms with E-state index in [0.29, 0.717) is 28.5 Å². The minimum atomic E-state index is -3.10. The van der Waals surface area contributed by atoms with Crippen LogP contribution in [0.2, 0.25) is 5.02 Å². The number of amides is 1. The summed E-state index contributed by atoms with van der Waals surface area (Å²) in [7, 11) is -3.10. The minimum absolute atomic E-state index is 0.0160. The van der Waals surface area contributed by atoms with Gasteiger partial charge in [0.05, 0.1) is 23.2 Å². The highest BCUT2D eigenvalue weighted by Crippen LogP contribution is 2.31. The monoisotopic (exact) mass is 429 g/mol. The fourth-order valence-electron chi connectivity index (χ4n) is 3.39. The number of nitrogens with zero attached hydrogens (tertiary/aromatic N) is 2. The van der Waals surface area contributed by atoms with Crippen molar-refractivity contribution in [2.75, 3.05) is 16.8 Å². The minimum Gasteiger partial charge on any atom is -0.307 e. The lowest BCUT2D eigenvalue weighted by molar-refractivity contribution is 0.102. The Bertz CT molecular complexity index is 1150. The quantitative estimate of drug-likeness (QED) is 0.676. The molecule has 4 rings (SSSR count). The Morgan fingerprint density at radius 1 is 1.14 bits per heavy atom. The second-order valence-electron chi connectivity index (χ2n) is 7.24. The van der Waals surface area contributed by atoms with Crippen molar-refractivity contribution in [3.8, 4) is 11.3 Å². The highest BCUT2D eigenvalue weighted by Gasteiger charge is 2.31. The Kier molecular flexibility index (Phi) is 5.19. The van der Waals surface area contributed by atoms with Crippen LogP contribution >= 0.6 is 11.6 Å². The number of rotatable bonds is 4. The van der Waals surface area contributed by atoms with Crippen LogP contribution in [0.3, 0.4) is 0 Å². The molecule has 6 nitrogen and oxygen atoms in total. The predicted molar refractivity (Wildman–Crippen MR) is 114 cm³/mol. The van der Waals surface area contributed by atoms with E-state index in [2.05, 4.69) is 10.4 Å². The zero-order chi connectivity index (χ0) is 20.6. The van der Waals surface area contributed by atoms with Gasteiger partial charge < -0.3 is 5.32 Å². The van der Waals surface area contributed by atoms with Crippen LogP contribution in [-0.4, -0.2) is 35.6 Å². The van der Waals surface area contributed by atoms with E-state index in [1.165, 1.54) is 0 Å². The van der Waals surface area contributed by atoms with Gasteiger partial charge in [0, 0.05) is 22.2 Å². The van der Waals surface area contributed by atoms with E-state index in [0.717, 1.165) is 11.1 Å². The maximum atomic E-state index is 12.7. The number of aromatic nitrogens is 2. The molecule has 0 aliphatic carbocycles. The maximum absolute atomic E-state index is 12.7. The van der Waals surface area contributed by atoms with Gasteiger partial charge in [0.2, 0.25) is 0 Å². The van der Waals surface area contributed by atoms with E-state index in [4.69, 9.17) is 11.6 Å². The van der Waals surface area contributed by atoms with E-state index in [1.54, 1.807) is 35.0 Å². The zero-order valence-corrected chi connectivity index (χ0v) is 17.4. The summed E-state index contributed by atoms with van der Waals surface area (Å²) in [6, 6.07) is 15.9. The van der Waals surface area contributed by atoms with Gasteiger partial charge >= 0.3 is 0 Å². The van der Waals surface area contributed by atoms with Gasteiger partial charge in [0.25, 0.3) is 5.91 Å². The SMILES string of the molecule is Cc1ccc(C(=O)Nc2cc(-c3ccc(Cl)cc3)nn2[C@H]2CCS(=O)(=O)C2)cc1. The molecule has 0 spiro atoms. The van der Waals surface area contributed by atoms with Gasteiger partial charge in [-0.05, 0) is 37.6 Å². The smallest absolute Gasteiger partial charge is 0.256 e. The summed E-state index contributed by atoms with van der Waals surface area (Å²) >= 11 is 5.97. The van der Waals surface area contributed by atoms with Gasteiger partial charge in [-0.3, -0.25) is 4.79 Å². The van der Waals surface area contributed by atoms with E-state index in [1.807, 2.05) is 31.2 Å². The van der Waals surface area contributed by atoms with Crippen LogP contribution in [0.5, 0.6) is 0 Å². The Balaban J connectivity index is 1.69.